The minimum absolute atomic E-state index is 0.326. The summed E-state index contributed by atoms with van der Waals surface area (Å²) in [5.74, 6) is -3.42. The van der Waals surface area contributed by atoms with Gasteiger partial charge in [-0.05, 0) is 12.2 Å². The summed E-state index contributed by atoms with van der Waals surface area (Å²) in [6.07, 6.45) is 4.97. The van der Waals surface area contributed by atoms with Crippen molar-refractivity contribution in [2.24, 2.45) is 0 Å². The largest absolute Gasteiger partial charge is 0.465 e. The van der Waals surface area contributed by atoms with Crippen LogP contribution in [-0.2, 0) is 19.1 Å². The van der Waals surface area contributed by atoms with Crippen molar-refractivity contribution in [1.82, 2.24) is 0 Å². The highest BCUT2D eigenvalue weighted by Crippen LogP contribution is 2.37. The van der Waals surface area contributed by atoms with E-state index in [2.05, 4.69) is 9.47 Å². The van der Waals surface area contributed by atoms with E-state index in [0.717, 1.165) is 25.3 Å². The van der Waals surface area contributed by atoms with Gasteiger partial charge in [0.2, 0.25) is 5.82 Å². The zero-order valence-corrected chi connectivity index (χ0v) is 14.4. The van der Waals surface area contributed by atoms with Crippen LogP contribution in [0, 0.1) is 26.0 Å². The molecule has 0 bridgehead atoms. The topological polar surface area (TPSA) is 142 Å². The van der Waals surface area contributed by atoms with Gasteiger partial charge in [0.05, 0.1) is 35.7 Å². The number of allylic oxidation sites excluding steroid dienone is 2. The average molecular weight is 393 g/mol. The summed E-state index contributed by atoms with van der Waals surface area (Å²) < 4.78 is 23.4. The number of carbonyl (C=O) groups is 2. The third-order valence-corrected chi connectivity index (χ3v) is 3.59. The van der Waals surface area contributed by atoms with E-state index < -0.39 is 50.4 Å². The van der Waals surface area contributed by atoms with Crippen molar-refractivity contribution in [3.8, 4) is 0 Å². The molecule has 146 valence electrons. The van der Waals surface area contributed by atoms with Gasteiger partial charge >= 0.3 is 17.6 Å². The molecule has 1 heterocycles. The number of carbonyl (C=O) groups excluding carboxylic acids is 2. The molecule has 0 radical (unpaired) electrons. The normalized spacial score (nSPS) is 13.2. The van der Waals surface area contributed by atoms with Crippen LogP contribution in [0.4, 0.5) is 21.5 Å². The third-order valence-electron chi connectivity index (χ3n) is 3.59. The summed E-state index contributed by atoms with van der Waals surface area (Å²) in [6, 6.07) is 0.938. The number of esters is 2. The van der Waals surface area contributed by atoms with Crippen LogP contribution in [0.25, 0.3) is 0 Å². The maximum Gasteiger partial charge on any atom is 0.355 e. The maximum absolute atomic E-state index is 14.2. The number of hydrogen-bond donors (Lipinski definition) is 0. The first-order valence-electron chi connectivity index (χ1n) is 7.40. The van der Waals surface area contributed by atoms with Crippen LogP contribution in [0.1, 0.15) is 0 Å². The molecule has 0 fully saturated rings. The number of nitrogens with zero attached hydrogens (tertiary/aromatic N) is 3. The van der Waals surface area contributed by atoms with Crippen LogP contribution < -0.4 is 4.90 Å². The highest BCUT2D eigenvalue weighted by atomic mass is 19.1. The summed E-state index contributed by atoms with van der Waals surface area (Å²) in [7, 11) is 2.06. The molecule has 1 aliphatic rings. The van der Waals surface area contributed by atoms with E-state index in [1.54, 1.807) is 0 Å². The Kier molecular flexibility index (Phi) is 5.83. The quantitative estimate of drug-likeness (QED) is 0.417. The van der Waals surface area contributed by atoms with Crippen LogP contribution in [-0.4, -0.2) is 36.0 Å². The van der Waals surface area contributed by atoms with Crippen molar-refractivity contribution in [3.05, 3.63) is 73.9 Å². The van der Waals surface area contributed by atoms with Crippen LogP contribution in [0.2, 0.25) is 0 Å². The predicted octanol–water partition coefficient (Wildman–Crippen LogP) is 2.13. The fraction of sp³-hybridized carbons (Fsp3) is 0.125. The second kappa shape index (κ2) is 8.07. The number of nitro benzene ring substituents is 2. The summed E-state index contributed by atoms with van der Waals surface area (Å²) in [5, 5.41) is 22.3. The third kappa shape index (κ3) is 3.70. The van der Waals surface area contributed by atoms with Crippen molar-refractivity contribution in [3.63, 3.8) is 0 Å². The molecule has 0 amide bonds. The summed E-state index contributed by atoms with van der Waals surface area (Å²) in [4.78, 5) is 45.4. The first kappa shape index (κ1) is 20.2. The molecule has 0 aliphatic carbocycles. The minimum atomic E-state index is -1.37. The fourth-order valence-corrected chi connectivity index (χ4v) is 2.37. The van der Waals surface area contributed by atoms with Gasteiger partial charge < -0.3 is 14.4 Å². The van der Waals surface area contributed by atoms with Crippen LogP contribution in [0.3, 0.4) is 0 Å². The average Bonchev–Trinajstić information content (AvgIpc) is 2.88. The maximum atomic E-state index is 14.2. The predicted molar refractivity (Wildman–Crippen MR) is 91.5 cm³/mol. The molecule has 12 heteroatoms. The van der Waals surface area contributed by atoms with E-state index in [1.807, 2.05) is 0 Å². The van der Waals surface area contributed by atoms with Gasteiger partial charge in [-0.25, -0.2) is 9.59 Å². The second-order valence-electron chi connectivity index (χ2n) is 5.12. The first-order valence-corrected chi connectivity index (χ1v) is 7.40. The lowest BCUT2D eigenvalue weighted by Crippen LogP contribution is -2.27. The van der Waals surface area contributed by atoms with E-state index >= 15 is 0 Å². The zero-order chi connectivity index (χ0) is 21.0. The number of methoxy groups -OCH3 is 2. The standard InChI is InChI=1S/C16H12FN3O8/c1-27-15(21)9-5-3-4-6-18(14(9)16(22)28-2)12-7-10(17)11(19(23)24)8-13(12)20(25)26/h3-8H,1-2H3. The van der Waals surface area contributed by atoms with Crippen molar-refractivity contribution in [2.75, 3.05) is 19.1 Å². The Hall–Kier alpha value is -4.09. The van der Waals surface area contributed by atoms with E-state index in [-0.39, 0.29) is 5.57 Å². The Morgan fingerprint density at radius 1 is 1.00 bits per heavy atom. The Morgan fingerprint density at radius 2 is 1.61 bits per heavy atom. The molecule has 28 heavy (non-hydrogen) atoms. The van der Waals surface area contributed by atoms with Gasteiger partial charge in [0.25, 0.3) is 5.69 Å². The molecule has 0 unspecified atom stereocenters. The van der Waals surface area contributed by atoms with Crippen molar-refractivity contribution >= 4 is 29.0 Å². The molecule has 11 nitrogen and oxygen atoms in total. The molecule has 1 aromatic carbocycles. The van der Waals surface area contributed by atoms with Gasteiger partial charge in [0.1, 0.15) is 11.4 Å². The van der Waals surface area contributed by atoms with Crippen LogP contribution >= 0.6 is 0 Å². The van der Waals surface area contributed by atoms with Crippen molar-refractivity contribution in [1.29, 1.82) is 0 Å². The van der Waals surface area contributed by atoms with Gasteiger partial charge in [0, 0.05) is 12.3 Å². The van der Waals surface area contributed by atoms with Gasteiger partial charge in [-0.2, -0.15) is 4.39 Å². The number of ether oxygens (including phenoxy) is 2. The summed E-state index contributed by atoms with van der Waals surface area (Å²) >= 11 is 0. The molecule has 0 aromatic heterocycles. The Balaban J connectivity index is 2.85. The van der Waals surface area contributed by atoms with Gasteiger partial charge in [0.15, 0.2) is 0 Å². The second-order valence-corrected chi connectivity index (χ2v) is 5.12. The lowest BCUT2D eigenvalue weighted by atomic mass is 10.1. The highest BCUT2D eigenvalue weighted by molar-refractivity contribution is 6.05. The van der Waals surface area contributed by atoms with Gasteiger partial charge in [-0.1, -0.05) is 6.08 Å². The minimum Gasteiger partial charge on any atom is -0.465 e. The summed E-state index contributed by atoms with van der Waals surface area (Å²) in [6.45, 7) is 0. The number of benzene rings is 1. The number of rotatable bonds is 5. The molecule has 0 atom stereocenters. The van der Waals surface area contributed by atoms with E-state index in [0.29, 0.717) is 12.1 Å². The molecule has 0 saturated heterocycles. The van der Waals surface area contributed by atoms with E-state index in [1.165, 1.54) is 18.2 Å². The Bertz CT molecular complexity index is 967. The molecular formula is C16H12FN3O8. The Labute approximate surface area is 156 Å². The first-order chi connectivity index (χ1) is 13.2. The summed E-state index contributed by atoms with van der Waals surface area (Å²) in [5.41, 5.74) is -3.35. The van der Waals surface area contributed by atoms with Gasteiger partial charge in [-0.15, -0.1) is 0 Å². The monoisotopic (exact) mass is 393 g/mol. The lowest BCUT2D eigenvalue weighted by molar-refractivity contribution is -0.395. The molecule has 0 N–H and O–H groups in total. The molecule has 1 aromatic rings. The number of anilines is 1. The molecule has 0 spiro atoms. The highest BCUT2D eigenvalue weighted by Gasteiger charge is 2.33. The van der Waals surface area contributed by atoms with E-state index in [9.17, 15) is 34.2 Å². The number of nitro groups is 2. The SMILES string of the molecule is COC(=O)C1=C(C(=O)OC)N(c2cc(F)c([N+](=O)[O-])cc2[N+](=O)[O-])C=CC=C1. The zero-order valence-electron chi connectivity index (χ0n) is 14.4. The van der Waals surface area contributed by atoms with E-state index in [4.69, 9.17) is 0 Å². The Morgan fingerprint density at radius 3 is 2.14 bits per heavy atom. The smallest absolute Gasteiger partial charge is 0.355 e. The molecule has 2 rings (SSSR count). The number of hydrogen-bond acceptors (Lipinski definition) is 9. The lowest BCUT2D eigenvalue weighted by Gasteiger charge is -2.22. The number of halogens is 1. The molecular weight excluding hydrogens is 381 g/mol. The molecule has 1 aliphatic heterocycles. The fourth-order valence-electron chi connectivity index (χ4n) is 2.37. The van der Waals surface area contributed by atoms with Crippen LogP contribution in [0.5, 0.6) is 0 Å². The van der Waals surface area contributed by atoms with Crippen molar-refractivity contribution < 1.29 is 33.3 Å². The molecule has 0 saturated carbocycles. The van der Waals surface area contributed by atoms with Gasteiger partial charge in [-0.3, -0.25) is 20.2 Å². The van der Waals surface area contributed by atoms with Crippen molar-refractivity contribution in [2.45, 2.75) is 0 Å². The van der Waals surface area contributed by atoms with Crippen LogP contribution in [0.15, 0.2) is 47.8 Å².